The van der Waals surface area contributed by atoms with Crippen LogP contribution in [0.15, 0.2) is 47.6 Å². The standard InChI is InChI=1S/C19H18N2O6/c1-12(22)26-16-8-7-13(9-17(16)24-2)10-20-21-19(23)18-11-25-14-5-3-4-6-15(14)27-18/h3-10,18H,11H2,1-2H3,(H,21,23)/t18-/m0/s1. The molecule has 2 aromatic rings. The normalized spacial score (nSPS) is 15.3. The van der Waals surface area contributed by atoms with Gasteiger partial charge in [0.05, 0.1) is 13.3 Å². The van der Waals surface area contributed by atoms with E-state index in [2.05, 4.69) is 10.5 Å². The highest BCUT2D eigenvalue weighted by Gasteiger charge is 2.26. The van der Waals surface area contributed by atoms with E-state index in [4.69, 9.17) is 18.9 Å². The van der Waals surface area contributed by atoms with Crippen LogP contribution in [-0.4, -0.2) is 37.9 Å². The van der Waals surface area contributed by atoms with Crippen LogP contribution in [0.2, 0.25) is 0 Å². The van der Waals surface area contributed by atoms with E-state index in [9.17, 15) is 9.59 Å². The van der Waals surface area contributed by atoms with Gasteiger partial charge in [-0.15, -0.1) is 0 Å². The summed E-state index contributed by atoms with van der Waals surface area (Å²) in [5.74, 6) is 0.921. The summed E-state index contributed by atoms with van der Waals surface area (Å²) in [6.45, 7) is 1.41. The number of hydrogen-bond acceptors (Lipinski definition) is 7. The molecule has 1 heterocycles. The fourth-order valence-corrected chi connectivity index (χ4v) is 2.39. The second-order valence-electron chi connectivity index (χ2n) is 5.60. The molecule has 1 aliphatic heterocycles. The number of hydrogen-bond donors (Lipinski definition) is 1. The van der Waals surface area contributed by atoms with Crippen molar-refractivity contribution in [1.29, 1.82) is 0 Å². The van der Waals surface area contributed by atoms with Gasteiger partial charge in [-0.25, -0.2) is 5.43 Å². The third-order valence-electron chi connectivity index (χ3n) is 3.63. The maximum absolute atomic E-state index is 12.2. The number of ether oxygens (including phenoxy) is 4. The fourth-order valence-electron chi connectivity index (χ4n) is 2.39. The molecule has 0 aromatic heterocycles. The van der Waals surface area contributed by atoms with Gasteiger partial charge in [-0.05, 0) is 35.9 Å². The minimum absolute atomic E-state index is 0.100. The molecule has 1 N–H and O–H groups in total. The lowest BCUT2D eigenvalue weighted by molar-refractivity contribution is -0.132. The number of carbonyl (C=O) groups excluding carboxylic acids is 2. The van der Waals surface area contributed by atoms with E-state index in [1.54, 1.807) is 36.4 Å². The zero-order valence-corrected chi connectivity index (χ0v) is 14.8. The van der Waals surface area contributed by atoms with E-state index in [-0.39, 0.29) is 6.61 Å². The Morgan fingerprint density at radius 1 is 1.19 bits per heavy atom. The molecule has 0 radical (unpaired) electrons. The Bertz CT molecular complexity index is 880. The number of nitrogens with zero attached hydrogens (tertiary/aromatic N) is 1. The average Bonchev–Trinajstić information content (AvgIpc) is 2.68. The lowest BCUT2D eigenvalue weighted by atomic mass is 10.2. The van der Waals surface area contributed by atoms with E-state index in [1.807, 2.05) is 6.07 Å². The van der Waals surface area contributed by atoms with Crippen LogP contribution >= 0.6 is 0 Å². The molecule has 8 nitrogen and oxygen atoms in total. The quantitative estimate of drug-likeness (QED) is 0.374. The van der Waals surface area contributed by atoms with Crippen molar-refractivity contribution >= 4 is 18.1 Å². The lowest BCUT2D eigenvalue weighted by Crippen LogP contribution is -2.42. The van der Waals surface area contributed by atoms with Crippen LogP contribution in [0.1, 0.15) is 12.5 Å². The van der Waals surface area contributed by atoms with Crippen LogP contribution in [0.25, 0.3) is 0 Å². The molecule has 1 aliphatic rings. The molecule has 1 atom stereocenters. The predicted octanol–water partition coefficient (Wildman–Crippen LogP) is 1.91. The number of nitrogens with one attached hydrogen (secondary N) is 1. The van der Waals surface area contributed by atoms with Crippen molar-refractivity contribution in [2.24, 2.45) is 5.10 Å². The van der Waals surface area contributed by atoms with Crippen molar-refractivity contribution in [3.05, 3.63) is 48.0 Å². The molecule has 0 bridgehead atoms. The molecule has 8 heteroatoms. The van der Waals surface area contributed by atoms with E-state index >= 15 is 0 Å². The summed E-state index contributed by atoms with van der Waals surface area (Å²) in [7, 11) is 1.46. The van der Waals surface area contributed by atoms with E-state index in [0.29, 0.717) is 28.6 Å². The van der Waals surface area contributed by atoms with E-state index < -0.39 is 18.0 Å². The number of para-hydroxylation sites is 2. The van der Waals surface area contributed by atoms with Gasteiger partial charge >= 0.3 is 5.97 Å². The third kappa shape index (κ3) is 4.55. The molecule has 140 valence electrons. The van der Waals surface area contributed by atoms with Crippen molar-refractivity contribution < 1.29 is 28.5 Å². The number of benzene rings is 2. The monoisotopic (exact) mass is 370 g/mol. The molecular weight excluding hydrogens is 352 g/mol. The summed E-state index contributed by atoms with van der Waals surface area (Å²) in [5, 5.41) is 3.92. The number of methoxy groups -OCH3 is 1. The first-order valence-corrected chi connectivity index (χ1v) is 8.14. The van der Waals surface area contributed by atoms with Gasteiger partial charge in [0.15, 0.2) is 23.0 Å². The SMILES string of the molecule is COc1cc(C=NNC(=O)[C@@H]2COc3ccccc3O2)ccc1OC(C)=O. The maximum Gasteiger partial charge on any atom is 0.308 e. The molecule has 3 rings (SSSR count). The summed E-state index contributed by atoms with van der Waals surface area (Å²) >= 11 is 0. The highest BCUT2D eigenvalue weighted by Crippen LogP contribution is 2.31. The average molecular weight is 370 g/mol. The number of rotatable bonds is 5. The van der Waals surface area contributed by atoms with Crippen LogP contribution in [0.4, 0.5) is 0 Å². The number of fused-ring (bicyclic) bond motifs is 1. The largest absolute Gasteiger partial charge is 0.493 e. The van der Waals surface area contributed by atoms with Gasteiger partial charge < -0.3 is 18.9 Å². The number of hydrazone groups is 1. The first kappa shape index (κ1) is 18.2. The van der Waals surface area contributed by atoms with Gasteiger partial charge in [0.1, 0.15) is 6.61 Å². The predicted molar refractivity (Wildman–Crippen MR) is 96.4 cm³/mol. The molecule has 1 amide bonds. The summed E-state index contributed by atoms with van der Waals surface area (Å²) < 4.78 is 21.3. The van der Waals surface area contributed by atoms with Crippen LogP contribution in [0.5, 0.6) is 23.0 Å². The van der Waals surface area contributed by atoms with Crippen molar-refractivity contribution in [3.8, 4) is 23.0 Å². The topological polar surface area (TPSA) is 95.5 Å². The fraction of sp³-hybridized carbons (Fsp3) is 0.211. The summed E-state index contributed by atoms with van der Waals surface area (Å²) in [6, 6.07) is 12.0. The second-order valence-corrected chi connectivity index (χ2v) is 5.60. The Morgan fingerprint density at radius 3 is 2.70 bits per heavy atom. The highest BCUT2D eigenvalue weighted by molar-refractivity contribution is 5.85. The first-order chi connectivity index (χ1) is 13.1. The van der Waals surface area contributed by atoms with Gasteiger partial charge in [0, 0.05) is 6.92 Å². The lowest BCUT2D eigenvalue weighted by Gasteiger charge is -2.24. The van der Waals surface area contributed by atoms with Gasteiger partial charge in [0.2, 0.25) is 6.10 Å². The van der Waals surface area contributed by atoms with Crippen LogP contribution in [0.3, 0.4) is 0 Å². The van der Waals surface area contributed by atoms with Crippen LogP contribution < -0.4 is 24.4 Å². The van der Waals surface area contributed by atoms with Gasteiger partial charge in [-0.2, -0.15) is 5.10 Å². The smallest absolute Gasteiger partial charge is 0.308 e. The Balaban J connectivity index is 1.60. The minimum atomic E-state index is -0.794. The zero-order chi connectivity index (χ0) is 19.2. The molecule has 0 spiro atoms. The van der Waals surface area contributed by atoms with Crippen molar-refractivity contribution in [2.45, 2.75) is 13.0 Å². The van der Waals surface area contributed by atoms with Crippen molar-refractivity contribution in [2.75, 3.05) is 13.7 Å². The molecule has 0 saturated carbocycles. The zero-order valence-electron chi connectivity index (χ0n) is 14.8. The molecule has 0 fully saturated rings. The number of carbonyl (C=O) groups is 2. The molecule has 0 saturated heterocycles. The maximum atomic E-state index is 12.2. The molecule has 0 aliphatic carbocycles. The Kier molecular flexibility index (Phi) is 5.55. The van der Waals surface area contributed by atoms with Gasteiger partial charge in [-0.1, -0.05) is 12.1 Å². The summed E-state index contributed by atoms with van der Waals surface area (Å²) in [4.78, 5) is 23.3. The van der Waals surface area contributed by atoms with Gasteiger partial charge in [-0.3, -0.25) is 9.59 Å². The summed E-state index contributed by atoms with van der Waals surface area (Å²) in [5.41, 5.74) is 3.06. The number of amides is 1. The minimum Gasteiger partial charge on any atom is -0.493 e. The Labute approximate surface area is 155 Å². The molecule has 0 unspecified atom stereocenters. The van der Waals surface area contributed by atoms with Gasteiger partial charge in [0.25, 0.3) is 5.91 Å². The molecular formula is C19H18N2O6. The summed E-state index contributed by atoms with van der Waals surface area (Å²) in [6.07, 6.45) is 0.646. The van der Waals surface area contributed by atoms with E-state index in [1.165, 1.54) is 20.2 Å². The van der Waals surface area contributed by atoms with Crippen LogP contribution in [-0.2, 0) is 9.59 Å². The Morgan fingerprint density at radius 2 is 1.96 bits per heavy atom. The van der Waals surface area contributed by atoms with Crippen LogP contribution in [0, 0.1) is 0 Å². The number of esters is 1. The van der Waals surface area contributed by atoms with E-state index in [0.717, 1.165) is 0 Å². The van der Waals surface area contributed by atoms with Crippen molar-refractivity contribution in [3.63, 3.8) is 0 Å². The van der Waals surface area contributed by atoms with Crippen molar-refractivity contribution in [1.82, 2.24) is 5.43 Å². The second kappa shape index (κ2) is 8.22. The first-order valence-electron chi connectivity index (χ1n) is 8.14. The molecule has 27 heavy (non-hydrogen) atoms. The highest BCUT2D eigenvalue weighted by atomic mass is 16.6. The molecule has 2 aromatic carbocycles. The Hall–Kier alpha value is -3.55. The third-order valence-corrected chi connectivity index (χ3v) is 3.63.